The summed E-state index contributed by atoms with van der Waals surface area (Å²) in [5.74, 6) is 1.40. The van der Waals surface area contributed by atoms with Crippen LogP contribution in [0.15, 0.2) is 30.6 Å². The van der Waals surface area contributed by atoms with Crippen LogP contribution in [0.25, 0.3) is 0 Å². The van der Waals surface area contributed by atoms with Gasteiger partial charge in [-0.3, -0.25) is 9.97 Å². The summed E-state index contributed by atoms with van der Waals surface area (Å²) < 4.78 is 10.5. The predicted molar refractivity (Wildman–Crippen MR) is 89.4 cm³/mol. The average Bonchev–Trinajstić information content (AvgIpc) is 2.54. The fraction of sp³-hybridized carbons (Fsp3) is 0.267. The number of thiocarbonyl (C=S) groups is 1. The Labute approximate surface area is 134 Å². The zero-order valence-corrected chi connectivity index (χ0v) is 13.5. The van der Waals surface area contributed by atoms with Crippen LogP contribution < -0.4 is 20.1 Å². The van der Waals surface area contributed by atoms with E-state index in [1.165, 1.54) is 0 Å². The number of hydrogen-bond acceptors (Lipinski definition) is 5. The first-order valence-electron chi connectivity index (χ1n) is 6.66. The fourth-order valence-corrected chi connectivity index (χ4v) is 1.94. The van der Waals surface area contributed by atoms with E-state index in [9.17, 15) is 0 Å². The van der Waals surface area contributed by atoms with Crippen molar-refractivity contribution in [1.82, 2.24) is 15.3 Å². The Balaban J connectivity index is 1.98. The summed E-state index contributed by atoms with van der Waals surface area (Å²) >= 11 is 5.28. The molecule has 1 aromatic carbocycles. The van der Waals surface area contributed by atoms with E-state index in [0.29, 0.717) is 17.4 Å². The monoisotopic (exact) mass is 318 g/mol. The molecule has 0 amide bonds. The standard InChI is InChI=1S/C15H18N4O2S/c1-10-7-17-11(8-16-10)9-18-15(22)19-13-6-12(20-2)4-5-14(13)21-3/h4-8H,9H2,1-3H3,(H2,18,19,22). The first-order valence-corrected chi connectivity index (χ1v) is 7.07. The molecule has 0 saturated carbocycles. The molecule has 0 bridgehead atoms. The predicted octanol–water partition coefficient (Wildman–Crippen LogP) is 2.29. The summed E-state index contributed by atoms with van der Waals surface area (Å²) in [6.07, 6.45) is 3.44. The molecule has 0 aliphatic rings. The summed E-state index contributed by atoms with van der Waals surface area (Å²) in [4.78, 5) is 8.45. The first-order chi connectivity index (χ1) is 10.6. The van der Waals surface area contributed by atoms with Crippen molar-refractivity contribution in [2.45, 2.75) is 13.5 Å². The molecular weight excluding hydrogens is 300 g/mol. The Kier molecular flexibility index (Phi) is 5.48. The van der Waals surface area contributed by atoms with Crippen LogP contribution in [-0.4, -0.2) is 29.3 Å². The quantitative estimate of drug-likeness (QED) is 0.820. The summed E-state index contributed by atoms with van der Waals surface area (Å²) in [7, 11) is 3.21. The highest BCUT2D eigenvalue weighted by molar-refractivity contribution is 7.80. The SMILES string of the molecule is COc1ccc(OC)c(NC(=S)NCc2cnc(C)cn2)c1. The van der Waals surface area contributed by atoms with Gasteiger partial charge in [-0.2, -0.15) is 0 Å². The minimum Gasteiger partial charge on any atom is -0.497 e. The largest absolute Gasteiger partial charge is 0.497 e. The molecule has 0 aliphatic heterocycles. The van der Waals surface area contributed by atoms with Crippen LogP contribution in [-0.2, 0) is 6.54 Å². The maximum Gasteiger partial charge on any atom is 0.171 e. The number of aromatic nitrogens is 2. The van der Waals surface area contributed by atoms with E-state index in [0.717, 1.165) is 22.8 Å². The van der Waals surface area contributed by atoms with Gasteiger partial charge >= 0.3 is 0 Å². The highest BCUT2D eigenvalue weighted by Crippen LogP contribution is 2.28. The number of anilines is 1. The second-order valence-electron chi connectivity index (χ2n) is 4.52. The molecule has 1 heterocycles. The molecule has 0 fully saturated rings. The minimum atomic E-state index is 0.467. The fourth-order valence-electron chi connectivity index (χ4n) is 1.76. The Hall–Kier alpha value is -2.41. The normalized spacial score (nSPS) is 9.95. The Morgan fingerprint density at radius 2 is 2.00 bits per heavy atom. The van der Waals surface area contributed by atoms with E-state index in [4.69, 9.17) is 21.7 Å². The number of benzene rings is 1. The number of methoxy groups -OCH3 is 2. The smallest absolute Gasteiger partial charge is 0.171 e. The molecule has 0 spiro atoms. The molecule has 2 rings (SSSR count). The van der Waals surface area contributed by atoms with Crippen molar-refractivity contribution in [3.8, 4) is 11.5 Å². The summed E-state index contributed by atoms with van der Waals surface area (Å²) in [5.41, 5.74) is 2.42. The van der Waals surface area contributed by atoms with Gasteiger partial charge in [0.25, 0.3) is 0 Å². The van der Waals surface area contributed by atoms with Crippen LogP contribution in [0.4, 0.5) is 5.69 Å². The van der Waals surface area contributed by atoms with Gasteiger partial charge in [-0.15, -0.1) is 0 Å². The van der Waals surface area contributed by atoms with E-state index in [1.54, 1.807) is 26.6 Å². The molecule has 22 heavy (non-hydrogen) atoms. The number of nitrogens with one attached hydrogen (secondary N) is 2. The van der Waals surface area contributed by atoms with Crippen molar-refractivity contribution in [2.75, 3.05) is 19.5 Å². The number of ether oxygens (including phenoxy) is 2. The molecule has 116 valence electrons. The van der Waals surface area contributed by atoms with E-state index in [2.05, 4.69) is 20.6 Å². The molecule has 1 aromatic heterocycles. The first kappa shape index (κ1) is 16.0. The van der Waals surface area contributed by atoms with Crippen molar-refractivity contribution >= 4 is 23.0 Å². The van der Waals surface area contributed by atoms with Crippen LogP contribution in [0.1, 0.15) is 11.4 Å². The van der Waals surface area contributed by atoms with Gasteiger partial charge in [-0.1, -0.05) is 0 Å². The van der Waals surface area contributed by atoms with Crippen molar-refractivity contribution in [3.63, 3.8) is 0 Å². The molecule has 0 atom stereocenters. The number of aryl methyl sites for hydroxylation is 1. The number of rotatable bonds is 5. The maximum atomic E-state index is 5.29. The van der Waals surface area contributed by atoms with Crippen LogP contribution in [0.5, 0.6) is 11.5 Å². The third-order valence-electron chi connectivity index (χ3n) is 2.92. The van der Waals surface area contributed by atoms with Gasteiger partial charge in [0.05, 0.1) is 44.0 Å². The Bertz CT molecular complexity index is 646. The Morgan fingerprint density at radius 1 is 1.18 bits per heavy atom. The Morgan fingerprint density at radius 3 is 2.64 bits per heavy atom. The lowest BCUT2D eigenvalue weighted by Gasteiger charge is -2.14. The second-order valence-corrected chi connectivity index (χ2v) is 4.93. The zero-order valence-electron chi connectivity index (χ0n) is 12.7. The minimum absolute atomic E-state index is 0.467. The highest BCUT2D eigenvalue weighted by Gasteiger charge is 2.07. The molecule has 7 heteroatoms. The van der Waals surface area contributed by atoms with Crippen LogP contribution >= 0.6 is 12.2 Å². The highest BCUT2D eigenvalue weighted by atomic mass is 32.1. The topological polar surface area (TPSA) is 68.3 Å². The summed E-state index contributed by atoms with van der Waals surface area (Å²) in [5, 5.41) is 6.63. The van der Waals surface area contributed by atoms with Gasteiger partial charge in [0.15, 0.2) is 5.11 Å². The van der Waals surface area contributed by atoms with Crippen LogP contribution in [0.2, 0.25) is 0 Å². The van der Waals surface area contributed by atoms with Crippen molar-refractivity contribution in [2.24, 2.45) is 0 Å². The molecular formula is C15H18N4O2S. The van der Waals surface area contributed by atoms with Crippen LogP contribution in [0, 0.1) is 6.92 Å². The lowest BCUT2D eigenvalue weighted by Crippen LogP contribution is -2.28. The molecule has 0 unspecified atom stereocenters. The number of nitrogens with zero attached hydrogens (tertiary/aromatic N) is 2. The summed E-state index contributed by atoms with van der Waals surface area (Å²) in [6, 6.07) is 5.45. The van der Waals surface area contributed by atoms with Crippen molar-refractivity contribution in [3.05, 3.63) is 42.0 Å². The molecule has 0 radical (unpaired) electrons. The maximum absolute atomic E-state index is 5.29. The van der Waals surface area contributed by atoms with Gasteiger partial charge in [-0.25, -0.2) is 0 Å². The van der Waals surface area contributed by atoms with Crippen molar-refractivity contribution < 1.29 is 9.47 Å². The molecule has 0 aliphatic carbocycles. The van der Waals surface area contributed by atoms with E-state index < -0.39 is 0 Å². The van der Waals surface area contributed by atoms with Gasteiger partial charge in [0, 0.05) is 12.3 Å². The second kappa shape index (κ2) is 7.56. The molecule has 2 N–H and O–H groups in total. The molecule has 2 aromatic rings. The average molecular weight is 318 g/mol. The van der Waals surface area contributed by atoms with E-state index in [-0.39, 0.29) is 0 Å². The number of hydrogen-bond donors (Lipinski definition) is 2. The summed E-state index contributed by atoms with van der Waals surface area (Å²) in [6.45, 7) is 2.39. The van der Waals surface area contributed by atoms with Gasteiger partial charge in [0.2, 0.25) is 0 Å². The lowest BCUT2D eigenvalue weighted by molar-refractivity contribution is 0.405. The van der Waals surface area contributed by atoms with Gasteiger partial charge in [-0.05, 0) is 31.3 Å². The van der Waals surface area contributed by atoms with Crippen LogP contribution in [0.3, 0.4) is 0 Å². The van der Waals surface area contributed by atoms with E-state index in [1.807, 2.05) is 25.1 Å². The van der Waals surface area contributed by atoms with Gasteiger partial charge in [0.1, 0.15) is 11.5 Å². The van der Waals surface area contributed by atoms with Gasteiger partial charge < -0.3 is 20.1 Å². The third-order valence-corrected chi connectivity index (χ3v) is 3.17. The molecule has 6 nitrogen and oxygen atoms in total. The lowest BCUT2D eigenvalue weighted by atomic mass is 10.2. The van der Waals surface area contributed by atoms with E-state index >= 15 is 0 Å². The van der Waals surface area contributed by atoms with Crippen molar-refractivity contribution in [1.29, 1.82) is 0 Å². The zero-order chi connectivity index (χ0) is 15.9. The molecule has 0 saturated heterocycles. The third kappa shape index (κ3) is 4.29.